The molecule has 2 aromatic carbocycles. The molecule has 1 amide bonds. The summed E-state index contributed by atoms with van der Waals surface area (Å²) in [6, 6.07) is 12.0. The maximum Gasteiger partial charge on any atom is 0.252 e. The lowest BCUT2D eigenvalue weighted by Crippen LogP contribution is -2.28. The molecule has 0 radical (unpaired) electrons. The minimum atomic E-state index is -3.42. The van der Waals surface area contributed by atoms with Crippen molar-refractivity contribution in [2.75, 3.05) is 29.9 Å². The van der Waals surface area contributed by atoms with Gasteiger partial charge in [0.15, 0.2) is 0 Å². The molecule has 0 heterocycles. The van der Waals surface area contributed by atoms with E-state index in [-0.39, 0.29) is 16.5 Å². The van der Waals surface area contributed by atoms with E-state index in [0.717, 1.165) is 15.5 Å². The average Bonchev–Trinajstić information content (AvgIpc) is 2.59. The predicted octanol–water partition coefficient (Wildman–Crippen LogP) is 3.91. The largest absolute Gasteiger partial charge is 0.351 e. The van der Waals surface area contributed by atoms with Crippen LogP contribution in [0, 0.1) is 0 Å². The first-order valence-electron chi connectivity index (χ1n) is 7.58. The molecule has 2 rings (SSSR count). The first-order valence-corrected chi connectivity index (χ1v) is 11.2. The lowest BCUT2D eigenvalue weighted by atomic mass is 10.2. The van der Waals surface area contributed by atoms with Crippen molar-refractivity contribution in [1.29, 1.82) is 0 Å². The van der Waals surface area contributed by atoms with Gasteiger partial charge in [-0.05, 0) is 42.5 Å². The number of anilines is 1. The van der Waals surface area contributed by atoms with E-state index in [0.29, 0.717) is 23.0 Å². The summed E-state index contributed by atoms with van der Waals surface area (Å²) in [5.74, 6) is 0.323. The van der Waals surface area contributed by atoms with Gasteiger partial charge in [-0.2, -0.15) is 0 Å². The highest BCUT2D eigenvalue weighted by Crippen LogP contribution is 2.24. The molecular weight excluding hydrogens is 415 g/mol. The molecule has 0 aliphatic carbocycles. The van der Waals surface area contributed by atoms with E-state index in [1.165, 1.54) is 19.2 Å². The quantitative estimate of drug-likeness (QED) is 0.531. The normalized spacial score (nSPS) is 11.2. The molecule has 2 aromatic rings. The Balaban J connectivity index is 1.97. The van der Waals surface area contributed by atoms with Crippen LogP contribution in [0.4, 0.5) is 5.69 Å². The van der Waals surface area contributed by atoms with Gasteiger partial charge in [0, 0.05) is 29.3 Å². The Morgan fingerprint density at radius 3 is 2.42 bits per heavy atom. The summed E-state index contributed by atoms with van der Waals surface area (Å²) in [5.41, 5.74) is 0.605. The van der Waals surface area contributed by atoms with E-state index < -0.39 is 10.0 Å². The summed E-state index contributed by atoms with van der Waals surface area (Å²) in [4.78, 5) is 13.4. The van der Waals surface area contributed by atoms with E-state index in [1.807, 2.05) is 24.3 Å². The van der Waals surface area contributed by atoms with Gasteiger partial charge in [-0.1, -0.05) is 23.2 Å². The molecule has 1 N–H and O–H groups in total. The van der Waals surface area contributed by atoms with Gasteiger partial charge in [-0.25, -0.2) is 8.42 Å². The highest BCUT2D eigenvalue weighted by atomic mass is 35.5. The number of hydrogen-bond donors (Lipinski definition) is 1. The minimum absolute atomic E-state index is 0.233. The van der Waals surface area contributed by atoms with E-state index in [1.54, 1.807) is 17.8 Å². The summed E-state index contributed by atoms with van der Waals surface area (Å²) >= 11 is 13.5. The lowest BCUT2D eigenvalue weighted by molar-refractivity contribution is 0.0956. The molecule has 0 saturated heterocycles. The van der Waals surface area contributed by atoms with Crippen molar-refractivity contribution in [3.8, 4) is 0 Å². The second kappa shape index (κ2) is 8.99. The SMILES string of the molecule is CN(c1ccc(Cl)c(C(=O)NCCSc2ccc(Cl)cc2)c1)S(C)(=O)=O. The van der Waals surface area contributed by atoms with Crippen molar-refractivity contribution in [3.05, 3.63) is 58.1 Å². The topological polar surface area (TPSA) is 66.5 Å². The standard InChI is InChI=1S/C17H18Cl2N2O3S2/c1-21(26(2,23)24)13-5-8-16(19)15(11-13)17(22)20-9-10-25-14-6-3-12(18)4-7-14/h3-8,11H,9-10H2,1-2H3,(H,20,22). The van der Waals surface area contributed by atoms with Crippen molar-refractivity contribution >= 4 is 56.6 Å². The van der Waals surface area contributed by atoms with Crippen LogP contribution in [-0.4, -0.2) is 39.9 Å². The van der Waals surface area contributed by atoms with Crippen LogP contribution in [0.25, 0.3) is 0 Å². The predicted molar refractivity (Wildman–Crippen MR) is 109 cm³/mol. The number of carbonyl (C=O) groups is 1. The van der Waals surface area contributed by atoms with Crippen molar-refractivity contribution < 1.29 is 13.2 Å². The monoisotopic (exact) mass is 432 g/mol. The smallest absolute Gasteiger partial charge is 0.252 e. The highest BCUT2D eigenvalue weighted by Gasteiger charge is 2.16. The Hall–Kier alpha value is -1.41. The Morgan fingerprint density at radius 1 is 1.15 bits per heavy atom. The van der Waals surface area contributed by atoms with Gasteiger partial charge in [0.05, 0.1) is 22.5 Å². The number of thioether (sulfide) groups is 1. The fraction of sp³-hybridized carbons (Fsp3) is 0.235. The van der Waals surface area contributed by atoms with E-state index >= 15 is 0 Å². The number of nitrogens with one attached hydrogen (secondary N) is 1. The minimum Gasteiger partial charge on any atom is -0.351 e. The molecule has 0 aliphatic heterocycles. The number of hydrogen-bond acceptors (Lipinski definition) is 4. The van der Waals surface area contributed by atoms with Crippen molar-refractivity contribution in [2.45, 2.75) is 4.90 Å². The second-order valence-electron chi connectivity index (χ2n) is 5.45. The third kappa shape index (κ3) is 5.81. The fourth-order valence-electron chi connectivity index (χ4n) is 2.03. The van der Waals surface area contributed by atoms with Crippen LogP contribution >= 0.6 is 35.0 Å². The maximum absolute atomic E-state index is 12.4. The van der Waals surface area contributed by atoms with Crippen molar-refractivity contribution in [3.63, 3.8) is 0 Å². The first-order chi connectivity index (χ1) is 12.2. The molecule has 0 spiro atoms. The van der Waals surface area contributed by atoms with Crippen molar-refractivity contribution in [2.24, 2.45) is 0 Å². The molecule has 0 aromatic heterocycles. The highest BCUT2D eigenvalue weighted by molar-refractivity contribution is 7.99. The van der Waals surface area contributed by atoms with Crippen LogP contribution in [-0.2, 0) is 10.0 Å². The Bertz CT molecular complexity index is 887. The van der Waals surface area contributed by atoms with Gasteiger partial charge in [0.1, 0.15) is 0 Å². The fourth-order valence-corrected chi connectivity index (χ4v) is 3.63. The number of rotatable bonds is 7. The van der Waals surface area contributed by atoms with Crippen LogP contribution in [0.2, 0.25) is 10.0 Å². The maximum atomic E-state index is 12.4. The summed E-state index contributed by atoms with van der Waals surface area (Å²) in [6.07, 6.45) is 1.09. The molecule has 0 fully saturated rings. The molecule has 140 valence electrons. The molecule has 0 saturated carbocycles. The molecule has 0 unspecified atom stereocenters. The Labute approximate surface area is 167 Å². The van der Waals surface area contributed by atoms with E-state index in [9.17, 15) is 13.2 Å². The van der Waals surface area contributed by atoms with Crippen molar-refractivity contribution in [1.82, 2.24) is 5.32 Å². The zero-order valence-corrected chi connectivity index (χ0v) is 17.3. The summed E-state index contributed by atoms with van der Waals surface area (Å²) in [7, 11) is -2.00. The van der Waals surface area contributed by atoms with Crippen LogP contribution < -0.4 is 9.62 Å². The van der Waals surface area contributed by atoms with Gasteiger partial charge < -0.3 is 5.32 Å². The number of nitrogens with zero attached hydrogens (tertiary/aromatic N) is 1. The molecule has 5 nitrogen and oxygen atoms in total. The average molecular weight is 433 g/mol. The van der Waals surface area contributed by atoms with Gasteiger partial charge in [0.2, 0.25) is 10.0 Å². The summed E-state index contributed by atoms with van der Waals surface area (Å²) in [6.45, 7) is 0.439. The van der Waals surface area contributed by atoms with Gasteiger partial charge in [-0.15, -0.1) is 11.8 Å². The lowest BCUT2D eigenvalue weighted by Gasteiger charge is -2.18. The van der Waals surface area contributed by atoms with Crippen LogP contribution in [0.15, 0.2) is 47.4 Å². The zero-order chi connectivity index (χ0) is 19.3. The van der Waals surface area contributed by atoms with Gasteiger partial charge in [-0.3, -0.25) is 9.10 Å². The molecule has 26 heavy (non-hydrogen) atoms. The van der Waals surface area contributed by atoms with Gasteiger partial charge in [0.25, 0.3) is 5.91 Å². The Morgan fingerprint density at radius 2 is 1.81 bits per heavy atom. The molecule has 9 heteroatoms. The summed E-state index contributed by atoms with van der Waals surface area (Å²) in [5, 5.41) is 3.73. The Kier molecular flexibility index (Phi) is 7.23. The molecule has 0 atom stereocenters. The number of amides is 1. The van der Waals surface area contributed by atoms with Crippen LogP contribution in [0.1, 0.15) is 10.4 Å². The number of sulfonamides is 1. The van der Waals surface area contributed by atoms with Crippen LogP contribution in [0.3, 0.4) is 0 Å². The molecular formula is C17H18Cl2N2O3S2. The van der Waals surface area contributed by atoms with Gasteiger partial charge >= 0.3 is 0 Å². The number of halogens is 2. The third-order valence-corrected chi connectivity index (χ3v) is 6.33. The molecule has 0 aliphatic rings. The molecule has 0 bridgehead atoms. The number of carbonyl (C=O) groups excluding carboxylic acids is 1. The summed E-state index contributed by atoms with van der Waals surface area (Å²) < 4.78 is 24.4. The zero-order valence-electron chi connectivity index (χ0n) is 14.2. The van der Waals surface area contributed by atoms with E-state index in [4.69, 9.17) is 23.2 Å². The first kappa shape index (κ1) is 20.9. The second-order valence-corrected chi connectivity index (χ2v) is 9.48. The number of benzene rings is 2. The van der Waals surface area contributed by atoms with Crippen LogP contribution in [0.5, 0.6) is 0 Å². The van der Waals surface area contributed by atoms with E-state index in [2.05, 4.69) is 5.32 Å². The third-order valence-electron chi connectivity index (χ3n) is 3.53.